The van der Waals surface area contributed by atoms with Gasteiger partial charge in [-0.1, -0.05) is 19.3 Å². The minimum atomic E-state index is -0.422. The molecule has 0 bridgehead atoms. The largest absolute Gasteiger partial charge is 0.325 e. The first kappa shape index (κ1) is 15.7. The van der Waals surface area contributed by atoms with Crippen molar-refractivity contribution >= 4 is 11.6 Å². The number of aromatic nitrogens is 3. The topological polar surface area (TPSA) is 85.8 Å². The van der Waals surface area contributed by atoms with Crippen molar-refractivity contribution < 1.29 is 6.22 Å². The molecule has 6 nitrogen and oxygen atoms in total. The molecule has 0 radical (unpaired) electrons. The zero-order valence-corrected chi connectivity index (χ0v) is 13.4. The molecule has 3 N–H and O–H groups in total. The van der Waals surface area contributed by atoms with Gasteiger partial charge in [0.25, 0.3) is 0 Å². The Hall–Kier alpha value is -2.21. The molecule has 0 unspecified atom stereocenters. The lowest BCUT2D eigenvalue weighted by atomic mass is 9.84. The van der Waals surface area contributed by atoms with Crippen LogP contribution in [0.1, 0.15) is 33.5 Å². The predicted octanol–water partition coefficient (Wildman–Crippen LogP) is 2.57. The van der Waals surface area contributed by atoms with Gasteiger partial charge in [-0.2, -0.15) is 0 Å². The highest BCUT2D eigenvalue weighted by atomic mass is 16.2. The Morgan fingerprint density at radius 3 is 2.61 bits per heavy atom. The Morgan fingerprint density at radius 2 is 2.00 bits per heavy atom. The van der Waals surface area contributed by atoms with Gasteiger partial charge in [-0.15, -0.1) is 10.2 Å². The normalized spacial score (nSPS) is 17.0. The van der Waals surface area contributed by atoms with Crippen LogP contribution < -0.4 is 11.1 Å². The molecule has 3 rings (SSSR count). The second kappa shape index (κ2) is 6.91. The van der Waals surface area contributed by atoms with Gasteiger partial charge in [0.2, 0.25) is 5.91 Å². The van der Waals surface area contributed by atoms with E-state index in [0.29, 0.717) is 5.92 Å². The van der Waals surface area contributed by atoms with E-state index in [9.17, 15) is 4.79 Å². The highest BCUT2D eigenvalue weighted by molar-refractivity contribution is 5.95. The molecule has 1 fully saturated rings. The first-order chi connectivity index (χ1) is 11.1. The summed E-state index contributed by atoms with van der Waals surface area (Å²) in [6.07, 6.45) is 7.39. The van der Waals surface area contributed by atoms with Crippen molar-refractivity contribution in [3.63, 3.8) is 0 Å². The van der Waals surface area contributed by atoms with Crippen molar-refractivity contribution in [2.24, 2.45) is 18.7 Å². The Labute approximate surface area is 137 Å². The van der Waals surface area contributed by atoms with E-state index in [0.717, 1.165) is 29.9 Å². The standard InChI is InChI=1S/C17H23N5O.H2/c1-22-11-19-21-16(22)13-7-9-14(10-8-13)20-17(23)15(18)12-5-3-2-4-6-12;/h7-12,15H,2-6,18H2,1H3,(H,20,23);1H/t15-;/m0./s1. The van der Waals surface area contributed by atoms with E-state index in [4.69, 9.17) is 5.73 Å². The molecule has 0 saturated heterocycles. The third-order valence-corrected chi connectivity index (χ3v) is 4.58. The van der Waals surface area contributed by atoms with E-state index in [1.807, 2.05) is 35.9 Å². The van der Waals surface area contributed by atoms with Gasteiger partial charge in [0, 0.05) is 19.7 Å². The number of hydrogen-bond donors (Lipinski definition) is 2. The molecule has 1 aromatic heterocycles. The van der Waals surface area contributed by atoms with Crippen LogP contribution in [0.25, 0.3) is 11.4 Å². The van der Waals surface area contributed by atoms with Gasteiger partial charge in [0.05, 0.1) is 6.04 Å². The van der Waals surface area contributed by atoms with Crippen molar-refractivity contribution in [3.8, 4) is 11.4 Å². The van der Waals surface area contributed by atoms with Crippen molar-refractivity contribution in [1.82, 2.24) is 14.8 Å². The molecular formula is C17H25N5O. The quantitative estimate of drug-likeness (QED) is 0.908. The number of hydrogen-bond acceptors (Lipinski definition) is 4. The summed E-state index contributed by atoms with van der Waals surface area (Å²) in [4.78, 5) is 12.3. The van der Waals surface area contributed by atoms with Crippen molar-refractivity contribution in [3.05, 3.63) is 30.6 Å². The number of carbonyl (C=O) groups excluding carboxylic acids is 1. The van der Waals surface area contributed by atoms with Crippen LogP contribution in [-0.4, -0.2) is 26.7 Å². The SMILES string of the molecule is Cn1cnnc1-c1ccc(NC(=O)[C@@H](N)C2CCCCC2)cc1.[HH]. The van der Waals surface area contributed by atoms with E-state index in [1.54, 1.807) is 6.33 Å². The van der Waals surface area contributed by atoms with Crippen LogP contribution in [0.5, 0.6) is 0 Å². The van der Waals surface area contributed by atoms with Gasteiger partial charge < -0.3 is 15.6 Å². The lowest BCUT2D eigenvalue weighted by Crippen LogP contribution is -2.42. The maximum Gasteiger partial charge on any atom is 0.241 e. The molecule has 1 saturated carbocycles. The number of nitrogens with zero attached hydrogens (tertiary/aromatic N) is 3. The number of nitrogens with one attached hydrogen (secondary N) is 1. The first-order valence-electron chi connectivity index (χ1n) is 8.16. The van der Waals surface area contributed by atoms with Crippen LogP contribution in [0.4, 0.5) is 5.69 Å². The molecule has 6 heteroatoms. The fourth-order valence-electron chi connectivity index (χ4n) is 3.18. The van der Waals surface area contributed by atoms with E-state index in [-0.39, 0.29) is 7.33 Å². The number of anilines is 1. The summed E-state index contributed by atoms with van der Waals surface area (Å²) in [7, 11) is 1.90. The third kappa shape index (κ3) is 3.59. The summed E-state index contributed by atoms with van der Waals surface area (Å²) in [5.41, 5.74) is 7.85. The number of nitrogens with two attached hydrogens (primary N) is 1. The third-order valence-electron chi connectivity index (χ3n) is 4.58. The molecule has 1 aromatic carbocycles. The minimum absolute atomic E-state index is 0. The summed E-state index contributed by atoms with van der Waals surface area (Å²) in [5, 5.41) is 10.9. The number of rotatable bonds is 4. The van der Waals surface area contributed by atoms with Crippen LogP contribution >= 0.6 is 0 Å². The van der Waals surface area contributed by atoms with Crippen molar-refractivity contribution in [2.45, 2.75) is 38.1 Å². The lowest BCUT2D eigenvalue weighted by Gasteiger charge is -2.26. The summed E-state index contributed by atoms with van der Waals surface area (Å²) in [5.74, 6) is 1.01. The van der Waals surface area contributed by atoms with Crippen LogP contribution in [0.3, 0.4) is 0 Å². The maximum absolute atomic E-state index is 12.3. The fraction of sp³-hybridized carbons (Fsp3) is 0.471. The van der Waals surface area contributed by atoms with E-state index >= 15 is 0 Å². The molecule has 124 valence electrons. The average Bonchev–Trinajstić information content (AvgIpc) is 3.01. The molecule has 1 heterocycles. The molecule has 0 aliphatic heterocycles. The highest BCUT2D eigenvalue weighted by Crippen LogP contribution is 2.26. The molecule has 23 heavy (non-hydrogen) atoms. The van der Waals surface area contributed by atoms with Gasteiger partial charge in [-0.25, -0.2) is 0 Å². The monoisotopic (exact) mass is 315 g/mol. The second-order valence-corrected chi connectivity index (χ2v) is 6.26. The summed E-state index contributed by atoms with van der Waals surface area (Å²) in [6.45, 7) is 0. The maximum atomic E-state index is 12.3. The number of aryl methyl sites for hydroxylation is 1. The Kier molecular flexibility index (Phi) is 4.71. The zero-order chi connectivity index (χ0) is 16.2. The lowest BCUT2D eigenvalue weighted by molar-refractivity contribution is -0.118. The average molecular weight is 315 g/mol. The number of benzene rings is 1. The van der Waals surface area contributed by atoms with Crippen LogP contribution in [0.2, 0.25) is 0 Å². The second-order valence-electron chi connectivity index (χ2n) is 6.26. The number of amides is 1. The van der Waals surface area contributed by atoms with Crippen LogP contribution in [0.15, 0.2) is 30.6 Å². The highest BCUT2D eigenvalue weighted by Gasteiger charge is 2.26. The van der Waals surface area contributed by atoms with E-state index in [2.05, 4.69) is 15.5 Å². The van der Waals surface area contributed by atoms with Crippen molar-refractivity contribution in [2.75, 3.05) is 5.32 Å². The molecule has 1 aliphatic carbocycles. The summed E-state index contributed by atoms with van der Waals surface area (Å²) >= 11 is 0. The molecule has 2 aromatic rings. The smallest absolute Gasteiger partial charge is 0.241 e. The van der Waals surface area contributed by atoms with Gasteiger partial charge in [-0.05, 0) is 43.0 Å². The number of carbonyl (C=O) groups is 1. The molecule has 1 amide bonds. The molecular weight excluding hydrogens is 290 g/mol. The van der Waals surface area contributed by atoms with Crippen LogP contribution in [-0.2, 0) is 11.8 Å². The minimum Gasteiger partial charge on any atom is -0.325 e. The van der Waals surface area contributed by atoms with Gasteiger partial charge in [0.15, 0.2) is 5.82 Å². The Bertz CT molecular complexity index is 664. The van der Waals surface area contributed by atoms with E-state index in [1.165, 1.54) is 19.3 Å². The Balaban J connectivity index is 0.00000208. The molecule has 1 aliphatic rings. The first-order valence-corrected chi connectivity index (χ1v) is 8.16. The van der Waals surface area contributed by atoms with Gasteiger partial charge >= 0.3 is 0 Å². The fourth-order valence-corrected chi connectivity index (χ4v) is 3.18. The van der Waals surface area contributed by atoms with Crippen LogP contribution in [0, 0.1) is 5.92 Å². The summed E-state index contributed by atoms with van der Waals surface area (Å²) in [6, 6.07) is 7.16. The zero-order valence-electron chi connectivity index (χ0n) is 13.4. The predicted molar refractivity (Wildman–Crippen MR) is 91.7 cm³/mol. The van der Waals surface area contributed by atoms with Gasteiger partial charge in [-0.3, -0.25) is 4.79 Å². The van der Waals surface area contributed by atoms with Crippen molar-refractivity contribution in [1.29, 1.82) is 0 Å². The Morgan fingerprint density at radius 1 is 1.30 bits per heavy atom. The van der Waals surface area contributed by atoms with Gasteiger partial charge in [0.1, 0.15) is 6.33 Å². The summed E-state index contributed by atoms with van der Waals surface area (Å²) < 4.78 is 1.85. The molecule has 0 spiro atoms. The molecule has 1 atom stereocenters. The van der Waals surface area contributed by atoms with E-state index < -0.39 is 6.04 Å².